The van der Waals surface area contributed by atoms with Crippen molar-refractivity contribution in [3.05, 3.63) is 11.7 Å². The fraction of sp³-hybridized carbons (Fsp3) is 0.786. The highest BCUT2D eigenvalue weighted by atomic mass is 16.5. The van der Waals surface area contributed by atoms with Crippen molar-refractivity contribution in [1.82, 2.24) is 15.0 Å². The molecular weight excluding hydrogens is 258 g/mol. The summed E-state index contributed by atoms with van der Waals surface area (Å²) in [4.78, 5) is 18.0. The van der Waals surface area contributed by atoms with Gasteiger partial charge in [-0.15, -0.1) is 0 Å². The highest BCUT2D eigenvalue weighted by molar-refractivity contribution is 5.80. The molecule has 1 amide bonds. The summed E-state index contributed by atoms with van der Waals surface area (Å²) < 4.78 is 10.6. The number of hydrogen-bond donors (Lipinski definition) is 0. The summed E-state index contributed by atoms with van der Waals surface area (Å²) >= 11 is 0. The van der Waals surface area contributed by atoms with E-state index in [0.29, 0.717) is 24.9 Å². The Hall–Kier alpha value is -1.43. The van der Waals surface area contributed by atoms with Gasteiger partial charge in [-0.25, -0.2) is 0 Å². The number of carbonyl (C=O) groups excluding carboxylic acids is 1. The van der Waals surface area contributed by atoms with Crippen molar-refractivity contribution >= 4 is 5.91 Å². The minimum Gasteiger partial charge on any atom is -0.369 e. The van der Waals surface area contributed by atoms with E-state index in [1.807, 2.05) is 6.92 Å². The lowest BCUT2D eigenvalue weighted by Crippen LogP contribution is -2.36. The van der Waals surface area contributed by atoms with Crippen LogP contribution in [0.2, 0.25) is 0 Å². The fourth-order valence-corrected chi connectivity index (χ4v) is 2.59. The largest absolute Gasteiger partial charge is 0.369 e. The van der Waals surface area contributed by atoms with Gasteiger partial charge in [-0.05, 0) is 26.7 Å². The van der Waals surface area contributed by atoms with Crippen molar-refractivity contribution in [1.29, 1.82) is 0 Å². The molecule has 6 nitrogen and oxygen atoms in total. The van der Waals surface area contributed by atoms with Crippen LogP contribution in [0.5, 0.6) is 0 Å². The molecule has 0 aliphatic heterocycles. The highest BCUT2D eigenvalue weighted by Gasteiger charge is 2.24. The van der Waals surface area contributed by atoms with E-state index in [4.69, 9.17) is 9.26 Å². The van der Waals surface area contributed by atoms with Crippen molar-refractivity contribution in [3.8, 4) is 0 Å². The van der Waals surface area contributed by atoms with Crippen molar-refractivity contribution in [2.75, 3.05) is 13.7 Å². The molecule has 1 aromatic heterocycles. The number of carbonyl (C=O) groups is 1. The molecule has 0 unspecified atom stereocenters. The third-order valence-corrected chi connectivity index (χ3v) is 3.71. The summed E-state index contributed by atoms with van der Waals surface area (Å²) in [5.74, 6) is 1.61. The number of amides is 1. The molecule has 0 aromatic carbocycles. The van der Waals surface area contributed by atoms with Crippen molar-refractivity contribution in [2.24, 2.45) is 0 Å². The van der Waals surface area contributed by atoms with Gasteiger partial charge < -0.3 is 14.2 Å². The molecule has 0 bridgehead atoms. The van der Waals surface area contributed by atoms with Gasteiger partial charge in [-0.3, -0.25) is 4.79 Å². The lowest BCUT2D eigenvalue weighted by atomic mass is 10.1. The summed E-state index contributed by atoms with van der Waals surface area (Å²) in [5.41, 5.74) is 0. The number of rotatable bonds is 6. The van der Waals surface area contributed by atoms with Crippen LogP contribution in [0.25, 0.3) is 0 Å². The number of ether oxygens (including phenoxy) is 1. The Bertz CT molecular complexity index is 441. The van der Waals surface area contributed by atoms with Gasteiger partial charge in [0, 0.05) is 19.6 Å². The predicted octanol–water partition coefficient (Wildman–Crippen LogP) is 2.11. The summed E-state index contributed by atoms with van der Waals surface area (Å²) in [7, 11) is 1.73. The summed E-state index contributed by atoms with van der Waals surface area (Å²) in [5, 5.41) is 3.97. The molecule has 1 atom stereocenters. The SMILES string of the molecule is CCO[C@@H](C)C(=O)N(C)Cc1noc(C2CCCC2)n1. The van der Waals surface area contributed by atoms with Gasteiger partial charge in [-0.2, -0.15) is 4.98 Å². The molecule has 6 heteroatoms. The average molecular weight is 281 g/mol. The van der Waals surface area contributed by atoms with Crippen LogP contribution in [-0.4, -0.2) is 40.7 Å². The molecule has 1 saturated carbocycles. The molecule has 1 aliphatic carbocycles. The Labute approximate surface area is 119 Å². The van der Waals surface area contributed by atoms with Gasteiger partial charge in [-0.1, -0.05) is 18.0 Å². The lowest BCUT2D eigenvalue weighted by Gasteiger charge is -2.19. The average Bonchev–Trinajstić information content (AvgIpc) is 3.08. The van der Waals surface area contributed by atoms with Crippen LogP contribution < -0.4 is 0 Å². The molecule has 1 heterocycles. The molecule has 2 rings (SSSR count). The van der Waals surface area contributed by atoms with Gasteiger partial charge in [0.1, 0.15) is 6.10 Å². The van der Waals surface area contributed by atoms with E-state index < -0.39 is 6.10 Å². The molecule has 1 fully saturated rings. The molecule has 0 spiro atoms. The number of likely N-dealkylation sites (N-methyl/N-ethyl adjacent to an activating group) is 1. The minimum atomic E-state index is -0.439. The second-order valence-electron chi connectivity index (χ2n) is 5.32. The Balaban J connectivity index is 1.90. The normalized spacial score (nSPS) is 17.4. The quantitative estimate of drug-likeness (QED) is 0.798. The van der Waals surface area contributed by atoms with E-state index in [1.165, 1.54) is 12.8 Å². The van der Waals surface area contributed by atoms with Gasteiger partial charge in [0.15, 0.2) is 5.82 Å². The zero-order valence-corrected chi connectivity index (χ0v) is 12.5. The Morgan fingerprint density at radius 1 is 1.50 bits per heavy atom. The Kier molecular flexibility index (Phi) is 5.11. The lowest BCUT2D eigenvalue weighted by molar-refractivity contribution is -0.141. The summed E-state index contributed by atoms with van der Waals surface area (Å²) in [6.45, 7) is 4.50. The van der Waals surface area contributed by atoms with Crippen LogP contribution in [0.1, 0.15) is 57.2 Å². The summed E-state index contributed by atoms with van der Waals surface area (Å²) in [6.07, 6.45) is 4.26. The predicted molar refractivity (Wildman–Crippen MR) is 73.1 cm³/mol. The second kappa shape index (κ2) is 6.83. The van der Waals surface area contributed by atoms with Crippen LogP contribution in [0.3, 0.4) is 0 Å². The van der Waals surface area contributed by atoms with Crippen LogP contribution in [-0.2, 0) is 16.1 Å². The minimum absolute atomic E-state index is 0.0703. The smallest absolute Gasteiger partial charge is 0.251 e. The standard InChI is InChI=1S/C14H23N3O3/c1-4-19-10(2)14(18)17(3)9-12-15-13(20-16-12)11-7-5-6-8-11/h10-11H,4-9H2,1-3H3/t10-/m0/s1. The first kappa shape index (κ1) is 15.0. The van der Waals surface area contributed by atoms with Crippen molar-refractivity contribution < 1.29 is 14.1 Å². The zero-order chi connectivity index (χ0) is 14.5. The third kappa shape index (κ3) is 3.56. The zero-order valence-electron chi connectivity index (χ0n) is 12.5. The van der Waals surface area contributed by atoms with Gasteiger partial charge in [0.05, 0.1) is 6.54 Å². The Morgan fingerprint density at radius 2 is 2.20 bits per heavy atom. The highest BCUT2D eigenvalue weighted by Crippen LogP contribution is 2.32. The fourth-order valence-electron chi connectivity index (χ4n) is 2.59. The van der Waals surface area contributed by atoms with Crippen LogP contribution >= 0.6 is 0 Å². The molecule has 112 valence electrons. The Morgan fingerprint density at radius 3 is 2.85 bits per heavy atom. The second-order valence-corrected chi connectivity index (χ2v) is 5.32. The van der Waals surface area contributed by atoms with E-state index in [9.17, 15) is 4.79 Å². The third-order valence-electron chi connectivity index (χ3n) is 3.71. The first-order chi connectivity index (χ1) is 9.61. The molecule has 0 radical (unpaired) electrons. The van der Waals surface area contributed by atoms with E-state index in [0.717, 1.165) is 18.7 Å². The maximum atomic E-state index is 12.0. The molecule has 0 saturated heterocycles. The van der Waals surface area contributed by atoms with Crippen LogP contribution in [0, 0.1) is 0 Å². The van der Waals surface area contributed by atoms with E-state index in [1.54, 1.807) is 18.9 Å². The van der Waals surface area contributed by atoms with E-state index >= 15 is 0 Å². The van der Waals surface area contributed by atoms with Crippen molar-refractivity contribution in [2.45, 2.75) is 58.1 Å². The first-order valence-corrected chi connectivity index (χ1v) is 7.30. The van der Waals surface area contributed by atoms with Crippen LogP contribution in [0.4, 0.5) is 0 Å². The number of aromatic nitrogens is 2. The van der Waals surface area contributed by atoms with Gasteiger partial charge in [0.2, 0.25) is 5.89 Å². The molecule has 20 heavy (non-hydrogen) atoms. The molecule has 1 aliphatic rings. The van der Waals surface area contributed by atoms with Crippen molar-refractivity contribution in [3.63, 3.8) is 0 Å². The molecular formula is C14H23N3O3. The molecule has 1 aromatic rings. The van der Waals surface area contributed by atoms with E-state index in [-0.39, 0.29) is 5.91 Å². The molecule has 0 N–H and O–H groups in total. The number of hydrogen-bond acceptors (Lipinski definition) is 5. The maximum Gasteiger partial charge on any atom is 0.251 e. The monoisotopic (exact) mass is 281 g/mol. The van der Waals surface area contributed by atoms with Gasteiger partial charge >= 0.3 is 0 Å². The summed E-state index contributed by atoms with van der Waals surface area (Å²) in [6, 6.07) is 0. The maximum absolute atomic E-state index is 12.0. The van der Waals surface area contributed by atoms with Crippen LogP contribution in [0.15, 0.2) is 4.52 Å². The topological polar surface area (TPSA) is 68.5 Å². The van der Waals surface area contributed by atoms with Gasteiger partial charge in [0.25, 0.3) is 5.91 Å². The number of nitrogens with zero attached hydrogens (tertiary/aromatic N) is 3. The van der Waals surface area contributed by atoms with E-state index in [2.05, 4.69) is 10.1 Å². The first-order valence-electron chi connectivity index (χ1n) is 7.30.